The fourth-order valence-corrected chi connectivity index (χ4v) is 4.42. The molecule has 2 heterocycles. The minimum absolute atomic E-state index is 0.139. The van der Waals surface area contributed by atoms with Crippen molar-refractivity contribution < 1.29 is 9.53 Å². The summed E-state index contributed by atoms with van der Waals surface area (Å²) < 4.78 is 6.52. The highest BCUT2D eigenvalue weighted by atomic mass is 35.5. The first-order valence-electron chi connectivity index (χ1n) is 9.31. The quantitative estimate of drug-likeness (QED) is 0.625. The van der Waals surface area contributed by atoms with Gasteiger partial charge in [0.15, 0.2) is 0 Å². The van der Waals surface area contributed by atoms with Crippen molar-refractivity contribution >= 4 is 40.4 Å². The Morgan fingerprint density at radius 3 is 2.50 bits per heavy atom. The lowest BCUT2D eigenvalue weighted by Gasteiger charge is -2.34. The zero-order valence-electron chi connectivity index (χ0n) is 15.9. The Hall–Kier alpha value is -1.31. The molecule has 0 unspecified atom stereocenters. The highest BCUT2D eigenvalue weighted by molar-refractivity contribution is 7.16. The summed E-state index contributed by atoms with van der Waals surface area (Å²) in [5.74, 6) is 0.864. The number of carbonyl (C=O) groups is 1. The van der Waals surface area contributed by atoms with Gasteiger partial charge in [-0.3, -0.25) is 14.6 Å². The summed E-state index contributed by atoms with van der Waals surface area (Å²) in [6.07, 6.45) is 0. The maximum absolute atomic E-state index is 12.5. The van der Waals surface area contributed by atoms with E-state index < -0.39 is 0 Å². The van der Waals surface area contributed by atoms with Crippen molar-refractivity contribution in [3.8, 4) is 5.75 Å². The Kier molecular flexibility index (Phi) is 8.00. The molecule has 0 N–H and O–H groups in total. The molecule has 0 spiro atoms. The van der Waals surface area contributed by atoms with Gasteiger partial charge < -0.3 is 9.64 Å². The zero-order chi connectivity index (χ0) is 19.9. The number of hydrogen-bond acceptors (Lipinski definition) is 5. The molecule has 1 aliphatic heterocycles. The molecule has 28 heavy (non-hydrogen) atoms. The lowest BCUT2D eigenvalue weighted by Crippen LogP contribution is -2.50. The predicted octanol–water partition coefficient (Wildman–Crippen LogP) is 3.71. The molecule has 0 bridgehead atoms. The molecule has 3 rings (SSSR count). The van der Waals surface area contributed by atoms with Crippen molar-refractivity contribution in [3.05, 3.63) is 50.6 Å². The number of carbonyl (C=O) groups excluding carboxylic acids is 1. The van der Waals surface area contributed by atoms with Crippen molar-refractivity contribution in [3.63, 3.8) is 0 Å². The molecular weight excluding hydrogens is 417 g/mol. The number of amides is 1. The fraction of sp³-hybridized carbons (Fsp3) is 0.450. The Labute approximate surface area is 180 Å². The molecule has 8 heteroatoms. The molecule has 1 aliphatic rings. The second-order valence-corrected chi connectivity index (χ2v) is 9.06. The number of halogens is 2. The second kappa shape index (κ2) is 10.5. The van der Waals surface area contributed by atoms with Gasteiger partial charge in [0.1, 0.15) is 12.4 Å². The monoisotopic (exact) mass is 441 g/mol. The minimum atomic E-state index is 0.139. The van der Waals surface area contributed by atoms with Gasteiger partial charge in [0.25, 0.3) is 0 Å². The first kappa shape index (κ1) is 21.4. The van der Waals surface area contributed by atoms with Crippen molar-refractivity contribution in [2.45, 2.75) is 6.54 Å². The van der Waals surface area contributed by atoms with Crippen LogP contribution >= 0.6 is 34.5 Å². The Bertz CT molecular complexity index is 778. The number of likely N-dealkylation sites (N-methyl/N-ethyl adjacent to an activating group) is 1. The van der Waals surface area contributed by atoms with Crippen LogP contribution in [0.2, 0.25) is 9.36 Å². The van der Waals surface area contributed by atoms with Gasteiger partial charge in [0, 0.05) is 44.6 Å². The number of piperazine rings is 1. The maximum Gasteiger partial charge on any atom is 0.236 e. The topological polar surface area (TPSA) is 36.0 Å². The highest BCUT2D eigenvalue weighted by Gasteiger charge is 2.20. The van der Waals surface area contributed by atoms with E-state index in [-0.39, 0.29) is 5.91 Å². The van der Waals surface area contributed by atoms with E-state index in [0.29, 0.717) is 24.7 Å². The van der Waals surface area contributed by atoms with Gasteiger partial charge in [-0.15, -0.1) is 11.3 Å². The zero-order valence-corrected chi connectivity index (χ0v) is 18.3. The smallest absolute Gasteiger partial charge is 0.236 e. The Balaban J connectivity index is 1.34. The third-order valence-corrected chi connectivity index (χ3v) is 6.30. The first-order valence-corrected chi connectivity index (χ1v) is 10.9. The van der Waals surface area contributed by atoms with E-state index in [4.69, 9.17) is 27.9 Å². The number of rotatable bonds is 8. The van der Waals surface area contributed by atoms with Crippen LogP contribution in [0.25, 0.3) is 0 Å². The standard InChI is InChI=1S/C20H25Cl2N3O2S/c1-23(14-16-6-7-19(22)28-16)20(26)15-25-10-8-24(9-11-25)12-13-27-18-5-3-2-4-17(18)21/h2-7H,8-15H2,1H3. The van der Waals surface area contributed by atoms with Crippen LogP contribution in [0.15, 0.2) is 36.4 Å². The lowest BCUT2D eigenvalue weighted by atomic mass is 10.3. The van der Waals surface area contributed by atoms with E-state index in [2.05, 4.69) is 9.80 Å². The van der Waals surface area contributed by atoms with Gasteiger partial charge in [-0.1, -0.05) is 35.3 Å². The lowest BCUT2D eigenvalue weighted by molar-refractivity contribution is -0.132. The third-order valence-electron chi connectivity index (χ3n) is 4.77. The molecule has 5 nitrogen and oxygen atoms in total. The number of benzene rings is 1. The molecule has 152 valence electrons. The van der Waals surface area contributed by atoms with Crippen LogP contribution in [-0.2, 0) is 11.3 Å². The summed E-state index contributed by atoms with van der Waals surface area (Å²) in [7, 11) is 1.85. The summed E-state index contributed by atoms with van der Waals surface area (Å²) in [5.41, 5.74) is 0. The summed E-state index contributed by atoms with van der Waals surface area (Å²) >= 11 is 13.6. The predicted molar refractivity (Wildman–Crippen MR) is 116 cm³/mol. The highest BCUT2D eigenvalue weighted by Crippen LogP contribution is 2.23. The van der Waals surface area contributed by atoms with E-state index in [0.717, 1.165) is 47.7 Å². The summed E-state index contributed by atoms with van der Waals surface area (Å²) in [4.78, 5) is 19.9. The van der Waals surface area contributed by atoms with Gasteiger partial charge in [-0.2, -0.15) is 0 Å². The molecule has 1 aromatic carbocycles. The maximum atomic E-state index is 12.5. The van der Waals surface area contributed by atoms with Crippen LogP contribution < -0.4 is 4.74 Å². The number of nitrogens with zero attached hydrogens (tertiary/aromatic N) is 3. The van der Waals surface area contributed by atoms with Gasteiger partial charge >= 0.3 is 0 Å². The molecular formula is C20H25Cl2N3O2S. The van der Waals surface area contributed by atoms with Crippen molar-refractivity contribution in [1.82, 2.24) is 14.7 Å². The Morgan fingerprint density at radius 2 is 1.82 bits per heavy atom. The van der Waals surface area contributed by atoms with Gasteiger partial charge in [0.05, 0.1) is 22.4 Å². The van der Waals surface area contributed by atoms with Crippen molar-refractivity contribution in [2.24, 2.45) is 0 Å². The van der Waals surface area contributed by atoms with E-state index >= 15 is 0 Å². The average Bonchev–Trinajstić information content (AvgIpc) is 3.09. The van der Waals surface area contributed by atoms with Crippen molar-refractivity contribution in [2.75, 3.05) is 52.9 Å². The van der Waals surface area contributed by atoms with E-state index in [9.17, 15) is 4.79 Å². The van der Waals surface area contributed by atoms with Crippen molar-refractivity contribution in [1.29, 1.82) is 0 Å². The van der Waals surface area contributed by atoms with Gasteiger partial charge in [-0.25, -0.2) is 0 Å². The fourth-order valence-electron chi connectivity index (χ4n) is 3.09. The van der Waals surface area contributed by atoms with Gasteiger partial charge in [0.2, 0.25) is 5.91 Å². The van der Waals surface area contributed by atoms with Gasteiger partial charge in [-0.05, 0) is 24.3 Å². The molecule has 0 radical (unpaired) electrons. The van der Waals surface area contributed by atoms with Crippen LogP contribution in [0.1, 0.15) is 4.88 Å². The third kappa shape index (κ3) is 6.36. The SMILES string of the molecule is CN(Cc1ccc(Cl)s1)C(=O)CN1CCN(CCOc2ccccc2Cl)CC1. The average molecular weight is 442 g/mol. The molecule has 1 amide bonds. The molecule has 2 aromatic rings. The number of para-hydroxylation sites is 1. The second-order valence-electron chi connectivity index (χ2n) is 6.85. The number of thiophene rings is 1. The number of ether oxygens (including phenoxy) is 1. The largest absolute Gasteiger partial charge is 0.491 e. The molecule has 0 saturated carbocycles. The molecule has 1 fully saturated rings. The van der Waals surface area contributed by atoms with Crippen LogP contribution in [0.4, 0.5) is 0 Å². The number of hydrogen-bond donors (Lipinski definition) is 0. The molecule has 0 aliphatic carbocycles. The normalized spacial score (nSPS) is 15.5. The van der Waals surface area contributed by atoms with E-state index in [1.165, 1.54) is 11.3 Å². The summed E-state index contributed by atoms with van der Waals surface area (Å²) in [5, 5.41) is 0.639. The van der Waals surface area contributed by atoms with Crippen LogP contribution in [-0.4, -0.2) is 73.5 Å². The Morgan fingerprint density at radius 1 is 1.11 bits per heavy atom. The summed E-state index contributed by atoms with van der Waals surface area (Å²) in [6, 6.07) is 11.4. The first-order chi connectivity index (χ1) is 13.5. The molecule has 1 aromatic heterocycles. The van der Waals surface area contributed by atoms with Crippen LogP contribution in [0.3, 0.4) is 0 Å². The summed E-state index contributed by atoms with van der Waals surface area (Å²) in [6.45, 7) is 6.16. The molecule has 1 saturated heterocycles. The van der Waals surface area contributed by atoms with E-state index in [1.54, 1.807) is 4.90 Å². The van der Waals surface area contributed by atoms with E-state index in [1.807, 2.05) is 43.4 Å². The molecule has 0 atom stereocenters. The van der Waals surface area contributed by atoms with Crippen LogP contribution in [0, 0.1) is 0 Å². The van der Waals surface area contributed by atoms with Crippen LogP contribution in [0.5, 0.6) is 5.75 Å². The minimum Gasteiger partial charge on any atom is -0.491 e.